The first-order valence-corrected chi connectivity index (χ1v) is 7.47. The minimum Gasteiger partial charge on any atom is -0.343 e. The van der Waals surface area contributed by atoms with Crippen LogP contribution in [0.1, 0.15) is 33.1 Å². The Kier molecular flexibility index (Phi) is 6.40. The van der Waals surface area contributed by atoms with Crippen LogP contribution in [0.2, 0.25) is 0 Å². The Morgan fingerprint density at radius 3 is 2.65 bits per heavy atom. The van der Waals surface area contributed by atoms with Gasteiger partial charge < -0.3 is 9.80 Å². The van der Waals surface area contributed by atoms with Crippen LogP contribution in [0.25, 0.3) is 0 Å². The third-order valence-corrected chi connectivity index (χ3v) is 3.96. The molecule has 98 valence electrons. The molecule has 4 nitrogen and oxygen atoms in total. The summed E-state index contributed by atoms with van der Waals surface area (Å²) in [5.74, 6) is 1.54. The zero-order valence-electron chi connectivity index (χ0n) is 10.8. The van der Waals surface area contributed by atoms with Gasteiger partial charge in [-0.15, -0.1) is 11.8 Å². The van der Waals surface area contributed by atoms with Gasteiger partial charge in [-0.2, -0.15) is 0 Å². The van der Waals surface area contributed by atoms with E-state index in [1.54, 1.807) is 11.8 Å². The lowest BCUT2D eigenvalue weighted by molar-refractivity contribution is -0.132. The molecule has 1 aliphatic rings. The lowest BCUT2D eigenvalue weighted by Gasteiger charge is -2.26. The maximum absolute atomic E-state index is 11.7. The highest BCUT2D eigenvalue weighted by molar-refractivity contribution is 7.99. The van der Waals surface area contributed by atoms with Gasteiger partial charge in [0.15, 0.2) is 0 Å². The van der Waals surface area contributed by atoms with Crippen molar-refractivity contribution < 1.29 is 9.59 Å². The fourth-order valence-corrected chi connectivity index (χ4v) is 2.85. The number of carbonyl (C=O) groups is 2. The van der Waals surface area contributed by atoms with Crippen LogP contribution >= 0.6 is 11.8 Å². The molecule has 0 aromatic rings. The van der Waals surface area contributed by atoms with Crippen molar-refractivity contribution in [3.05, 3.63) is 0 Å². The smallest absolute Gasteiger partial charge is 0.232 e. The molecular formula is C12H22N2O2S. The molecule has 0 spiro atoms. The lowest BCUT2D eigenvalue weighted by Crippen LogP contribution is -2.36. The van der Waals surface area contributed by atoms with Crippen LogP contribution < -0.4 is 0 Å². The van der Waals surface area contributed by atoms with Crippen molar-refractivity contribution in [2.24, 2.45) is 0 Å². The average molecular weight is 258 g/mol. The monoisotopic (exact) mass is 258 g/mol. The number of rotatable bonds is 6. The summed E-state index contributed by atoms with van der Waals surface area (Å²) in [4.78, 5) is 27.0. The van der Waals surface area contributed by atoms with E-state index < -0.39 is 0 Å². The number of piperidine rings is 1. The van der Waals surface area contributed by atoms with Gasteiger partial charge in [0, 0.05) is 26.1 Å². The van der Waals surface area contributed by atoms with E-state index in [2.05, 4.69) is 0 Å². The van der Waals surface area contributed by atoms with Crippen LogP contribution in [-0.2, 0) is 9.59 Å². The second kappa shape index (κ2) is 7.58. The molecule has 0 aliphatic carbocycles. The van der Waals surface area contributed by atoms with Crippen molar-refractivity contribution in [1.29, 1.82) is 0 Å². The Morgan fingerprint density at radius 2 is 2.06 bits per heavy atom. The average Bonchev–Trinajstić information content (AvgIpc) is 2.33. The third kappa shape index (κ3) is 4.58. The minimum atomic E-state index is 0.171. The molecular weight excluding hydrogens is 236 g/mol. The fraction of sp³-hybridized carbons (Fsp3) is 0.833. The molecule has 1 saturated heterocycles. The topological polar surface area (TPSA) is 40.6 Å². The van der Waals surface area contributed by atoms with E-state index >= 15 is 0 Å². The van der Waals surface area contributed by atoms with E-state index in [0.717, 1.165) is 32.5 Å². The number of nitrogens with zero attached hydrogens (tertiary/aromatic N) is 2. The first-order valence-electron chi connectivity index (χ1n) is 6.32. The molecule has 0 N–H and O–H groups in total. The van der Waals surface area contributed by atoms with Gasteiger partial charge in [0.1, 0.15) is 0 Å². The Bertz CT molecular complexity index is 267. The molecule has 0 atom stereocenters. The molecule has 5 heteroatoms. The molecule has 0 radical (unpaired) electrons. The van der Waals surface area contributed by atoms with Crippen LogP contribution in [0.15, 0.2) is 0 Å². The zero-order valence-corrected chi connectivity index (χ0v) is 11.6. The summed E-state index contributed by atoms with van der Waals surface area (Å²) < 4.78 is 0. The molecule has 1 rings (SSSR count). The predicted octanol–water partition coefficient (Wildman–Crippen LogP) is 1.56. The van der Waals surface area contributed by atoms with E-state index in [9.17, 15) is 9.59 Å². The van der Waals surface area contributed by atoms with Crippen LogP contribution in [0.4, 0.5) is 0 Å². The predicted molar refractivity (Wildman–Crippen MR) is 70.8 cm³/mol. The highest BCUT2D eigenvalue weighted by Gasteiger charge is 2.18. The summed E-state index contributed by atoms with van der Waals surface area (Å²) in [6.07, 6.45) is 2.78. The van der Waals surface area contributed by atoms with Gasteiger partial charge in [0.2, 0.25) is 11.8 Å². The summed E-state index contributed by atoms with van der Waals surface area (Å²) in [6, 6.07) is 0. The summed E-state index contributed by atoms with van der Waals surface area (Å²) in [5, 5.41) is 0. The summed E-state index contributed by atoms with van der Waals surface area (Å²) in [6.45, 7) is 6.35. The summed E-state index contributed by atoms with van der Waals surface area (Å²) in [7, 11) is 0. The summed E-state index contributed by atoms with van der Waals surface area (Å²) in [5.41, 5.74) is 0. The minimum absolute atomic E-state index is 0.171. The van der Waals surface area contributed by atoms with E-state index in [1.165, 1.54) is 0 Å². The highest BCUT2D eigenvalue weighted by Crippen LogP contribution is 2.14. The molecule has 17 heavy (non-hydrogen) atoms. The van der Waals surface area contributed by atoms with E-state index in [-0.39, 0.29) is 11.8 Å². The fourth-order valence-electron chi connectivity index (χ4n) is 1.91. The SMILES string of the molecule is CCN(CC)C(=O)CSCN1CCCCC1=O. The van der Waals surface area contributed by atoms with Crippen molar-refractivity contribution in [1.82, 2.24) is 9.80 Å². The molecule has 0 unspecified atom stereocenters. The van der Waals surface area contributed by atoms with Gasteiger partial charge in [0.05, 0.1) is 11.6 Å². The Labute approximate surface area is 108 Å². The van der Waals surface area contributed by atoms with Gasteiger partial charge >= 0.3 is 0 Å². The van der Waals surface area contributed by atoms with Crippen LogP contribution in [0.3, 0.4) is 0 Å². The van der Waals surface area contributed by atoms with Crippen molar-refractivity contribution in [3.63, 3.8) is 0 Å². The Morgan fingerprint density at radius 1 is 1.35 bits per heavy atom. The van der Waals surface area contributed by atoms with Crippen molar-refractivity contribution >= 4 is 23.6 Å². The lowest BCUT2D eigenvalue weighted by atomic mass is 10.1. The number of amides is 2. The van der Waals surface area contributed by atoms with Gasteiger partial charge in [-0.1, -0.05) is 0 Å². The first-order chi connectivity index (χ1) is 8.19. The molecule has 1 aliphatic heterocycles. The Balaban J connectivity index is 2.22. The standard InChI is InChI=1S/C12H22N2O2S/c1-3-13(4-2)12(16)9-17-10-14-8-6-5-7-11(14)15/h3-10H2,1-2H3. The normalized spacial score (nSPS) is 16.1. The van der Waals surface area contributed by atoms with Crippen LogP contribution in [0, 0.1) is 0 Å². The van der Waals surface area contributed by atoms with Gasteiger partial charge in [-0.25, -0.2) is 0 Å². The van der Waals surface area contributed by atoms with Crippen molar-refractivity contribution in [3.8, 4) is 0 Å². The third-order valence-electron chi connectivity index (χ3n) is 3.01. The van der Waals surface area contributed by atoms with E-state index in [0.29, 0.717) is 18.1 Å². The van der Waals surface area contributed by atoms with Crippen molar-refractivity contribution in [2.45, 2.75) is 33.1 Å². The maximum atomic E-state index is 11.7. The molecule has 1 fully saturated rings. The van der Waals surface area contributed by atoms with Crippen LogP contribution in [-0.4, -0.2) is 52.9 Å². The van der Waals surface area contributed by atoms with Gasteiger partial charge in [-0.05, 0) is 26.7 Å². The number of likely N-dealkylation sites (tertiary alicyclic amines) is 1. The largest absolute Gasteiger partial charge is 0.343 e. The second-order valence-corrected chi connectivity index (χ2v) is 5.11. The van der Waals surface area contributed by atoms with Gasteiger partial charge in [0.25, 0.3) is 0 Å². The molecule has 2 amide bonds. The second-order valence-electron chi connectivity index (χ2n) is 4.16. The number of hydrogen-bond acceptors (Lipinski definition) is 3. The number of carbonyl (C=O) groups excluding carboxylic acids is 2. The molecule has 1 heterocycles. The van der Waals surface area contributed by atoms with E-state index in [1.807, 2.05) is 23.6 Å². The Hall–Kier alpha value is -0.710. The van der Waals surface area contributed by atoms with Crippen LogP contribution in [0.5, 0.6) is 0 Å². The summed E-state index contributed by atoms with van der Waals surface area (Å²) >= 11 is 1.54. The molecule has 0 aromatic carbocycles. The number of thioether (sulfide) groups is 1. The van der Waals surface area contributed by atoms with Crippen molar-refractivity contribution in [2.75, 3.05) is 31.3 Å². The highest BCUT2D eigenvalue weighted by atomic mass is 32.2. The first kappa shape index (κ1) is 14.4. The van der Waals surface area contributed by atoms with E-state index in [4.69, 9.17) is 0 Å². The number of hydrogen-bond donors (Lipinski definition) is 0. The zero-order chi connectivity index (χ0) is 12.7. The molecule has 0 bridgehead atoms. The van der Waals surface area contributed by atoms with Gasteiger partial charge in [-0.3, -0.25) is 9.59 Å². The maximum Gasteiger partial charge on any atom is 0.232 e. The quantitative estimate of drug-likeness (QED) is 0.726. The molecule has 0 aromatic heterocycles. The molecule has 0 saturated carbocycles.